The van der Waals surface area contributed by atoms with Crippen LogP contribution in [0.2, 0.25) is 0 Å². The monoisotopic (exact) mass is 379 g/mol. The van der Waals surface area contributed by atoms with E-state index in [2.05, 4.69) is 0 Å². The van der Waals surface area contributed by atoms with Crippen LogP contribution in [0, 0.1) is 0 Å². The zero-order chi connectivity index (χ0) is 19.7. The molecule has 0 aliphatic rings. The number of para-hydroxylation sites is 1. The van der Waals surface area contributed by atoms with E-state index in [1.54, 1.807) is 18.3 Å². The zero-order valence-electron chi connectivity index (χ0n) is 14.8. The molecule has 0 N–H and O–H groups in total. The number of rotatable bonds is 4. The molecule has 0 saturated carbocycles. The molecule has 140 valence electrons. The lowest BCUT2D eigenvalue weighted by molar-refractivity contribution is -0.137. The quantitative estimate of drug-likeness (QED) is 0.402. The number of nitrogens with zero attached hydrogens (tertiary/aromatic N) is 1. The van der Waals surface area contributed by atoms with E-state index in [9.17, 15) is 18.0 Å². The van der Waals surface area contributed by atoms with Gasteiger partial charge < -0.3 is 4.57 Å². The highest BCUT2D eigenvalue weighted by Crippen LogP contribution is 2.30. The highest BCUT2D eigenvalue weighted by Gasteiger charge is 2.29. The minimum Gasteiger partial charge on any atom is -0.342 e. The van der Waals surface area contributed by atoms with E-state index in [4.69, 9.17) is 0 Å². The van der Waals surface area contributed by atoms with Gasteiger partial charge in [0.05, 0.1) is 5.56 Å². The van der Waals surface area contributed by atoms with Gasteiger partial charge in [0.2, 0.25) is 0 Å². The summed E-state index contributed by atoms with van der Waals surface area (Å²) in [6, 6.07) is 21.6. The number of halogens is 3. The van der Waals surface area contributed by atoms with E-state index in [-0.39, 0.29) is 5.78 Å². The molecule has 0 fully saturated rings. The van der Waals surface area contributed by atoms with Gasteiger partial charge in [-0.05, 0) is 23.8 Å². The van der Waals surface area contributed by atoms with Crippen molar-refractivity contribution in [3.63, 3.8) is 0 Å². The zero-order valence-corrected chi connectivity index (χ0v) is 14.8. The summed E-state index contributed by atoms with van der Waals surface area (Å²) < 4.78 is 40.2. The van der Waals surface area contributed by atoms with Gasteiger partial charge in [0.25, 0.3) is 0 Å². The Morgan fingerprint density at radius 3 is 2.14 bits per heavy atom. The minimum absolute atomic E-state index is 0.0806. The molecule has 5 heteroatoms. The van der Waals surface area contributed by atoms with Crippen molar-refractivity contribution in [3.05, 3.63) is 107 Å². The molecule has 28 heavy (non-hydrogen) atoms. The maximum atomic E-state index is 12.9. The lowest BCUT2D eigenvalue weighted by Gasteiger charge is -2.09. The highest BCUT2D eigenvalue weighted by atomic mass is 19.4. The van der Waals surface area contributed by atoms with Crippen molar-refractivity contribution >= 4 is 16.7 Å². The van der Waals surface area contributed by atoms with Crippen molar-refractivity contribution < 1.29 is 18.0 Å². The second-order valence-corrected chi connectivity index (χ2v) is 6.58. The SMILES string of the molecule is O=C(c1ccccc1)c1cn(Cc2ccc(C(F)(F)F)cc2)c2ccccc12. The number of carbonyl (C=O) groups is 1. The molecule has 0 atom stereocenters. The molecular weight excluding hydrogens is 363 g/mol. The van der Waals surface area contributed by atoms with Crippen molar-refractivity contribution in [2.45, 2.75) is 12.7 Å². The molecule has 0 aliphatic heterocycles. The van der Waals surface area contributed by atoms with Crippen LogP contribution in [0.3, 0.4) is 0 Å². The molecule has 4 aromatic rings. The number of aromatic nitrogens is 1. The van der Waals surface area contributed by atoms with Crippen LogP contribution in [0.1, 0.15) is 27.0 Å². The number of hydrogen-bond acceptors (Lipinski definition) is 1. The van der Waals surface area contributed by atoms with Gasteiger partial charge in [-0.3, -0.25) is 4.79 Å². The third-order valence-electron chi connectivity index (χ3n) is 4.70. The molecule has 0 unspecified atom stereocenters. The van der Waals surface area contributed by atoms with Crippen LogP contribution in [-0.2, 0) is 12.7 Å². The average Bonchev–Trinajstić information content (AvgIpc) is 3.06. The van der Waals surface area contributed by atoms with E-state index in [1.807, 2.05) is 47.0 Å². The number of carbonyl (C=O) groups excluding carboxylic acids is 1. The molecule has 0 saturated heterocycles. The van der Waals surface area contributed by atoms with Crippen LogP contribution < -0.4 is 0 Å². The first-order valence-corrected chi connectivity index (χ1v) is 8.77. The number of fused-ring (bicyclic) bond motifs is 1. The van der Waals surface area contributed by atoms with E-state index in [1.165, 1.54) is 12.1 Å². The predicted octanol–water partition coefficient (Wildman–Crippen LogP) is 5.94. The molecule has 0 bridgehead atoms. The maximum Gasteiger partial charge on any atom is 0.416 e. The van der Waals surface area contributed by atoms with Crippen molar-refractivity contribution in [1.29, 1.82) is 0 Å². The van der Waals surface area contributed by atoms with Crippen molar-refractivity contribution in [1.82, 2.24) is 4.57 Å². The highest BCUT2D eigenvalue weighted by molar-refractivity contribution is 6.16. The Hall–Kier alpha value is -3.34. The molecule has 3 aromatic carbocycles. The average molecular weight is 379 g/mol. The topological polar surface area (TPSA) is 22.0 Å². The Kier molecular flexibility index (Phi) is 4.51. The second-order valence-electron chi connectivity index (χ2n) is 6.58. The Labute approximate surface area is 159 Å². The summed E-state index contributed by atoms with van der Waals surface area (Å²) in [6.45, 7) is 0.376. The van der Waals surface area contributed by atoms with E-state index >= 15 is 0 Å². The van der Waals surface area contributed by atoms with E-state index in [0.717, 1.165) is 28.6 Å². The Morgan fingerprint density at radius 1 is 0.821 bits per heavy atom. The summed E-state index contributed by atoms with van der Waals surface area (Å²) in [7, 11) is 0. The van der Waals surface area contributed by atoms with Gasteiger partial charge in [-0.25, -0.2) is 0 Å². The van der Waals surface area contributed by atoms with E-state index < -0.39 is 11.7 Å². The third kappa shape index (κ3) is 3.43. The molecule has 2 nitrogen and oxygen atoms in total. The molecule has 0 spiro atoms. The van der Waals surface area contributed by atoms with E-state index in [0.29, 0.717) is 17.7 Å². The Morgan fingerprint density at radius 2 is 1.46 bits per heavy atom. The fourth-order valence-electron chi connectivity index (χ4n) is 3.30. The minimum atomic E-state index is -4.35. The van der Waals surface area contributed by atoms with Crippen LogP contribution >= 0.6 is 0 Å². The first-order chi connectivity index (χ1) is 13.4. The summed E-state index contributed by atoms with van der Waals surface area (Å²) in [5.74, 6) is -0.0806. The third-order valence-corrected chi connectivity index (χ3v) is 4.70. The van der Waals surface area contributed by atoms with Gasteiger partial charge in [-0.15, -0.1) is 0 Å². The Bertz CT molecular complexity index is 1130. The fraction of sp³-hybridized carbons (Fsp3) is 0.0870. The van der Waals surface area contributed by atoms with Gasteiger partial charge in [0.1, 0.15) is 0 Å². The first kappa shape index (κ1) is 18.0. The van der Waals surface area contributed by atoms with Gasteiger partial charge in [0, 0.05) is 34.8 Å². The normalized spacial score (nSPS) is 11.7. The molecule has 0 amide bonds. The molecule has 1 aromatic heterocycles. The lowest BCUT2D eigenvalue weighted by Crippen LogP contribution is -2.05. The first-order valence-electron chi connectivity index (χ1n) is 8.77. The van der Waals surface area contributed by atoms with Gasteiger partial charge in [0.15, 0.2) is 5.78 Å². The molecule has 4 rings (SSSR count). The number of ketones is 1. The predicted molar refractivity (Wildman–Crippen MR) is 102 cm³/mol. The summed E-state index contributed by atoms with van der Waals surface area (Å²) >= 11 is 0. The summed E-state index contributed by atoms with van der Waals surface area (Å²) in [6.07, 6.45) is -2.58. The number of hydrogen-bond donors (Lipinski definition) is 0. The van der Waals surface area contributed by atoms with Crippen LogP contribution in [0.25, 0.3) is 10.9 Å². The van der Waals surface area contributed by atoms with Crippen LogP contribution in [0.4, 0.5) is 13.2 Å². The van der Waals surface area contributed by atoms with Gasteiger partial charge in [-0.1, -0.05) is 60.7 Å². The van der Waals surface area contributed by atoms with Crippen molar-refractivity contribution in [2.24, 2.45) is 0 Å². The molecule has 0 aliphatic carbocycles. The maximum absolute atomic E-state index is 12.9. The molecule has 1 heterocycles. The lowest BCUT2D eigenvalue weighted by atomic mass is 10.0. The second kappa shape index (κ2) is 7.00. The summed E-state index contributed by atoms with van der Waals surface area (Å²) in [5, 5.41) is 0.822. The van der Waals surface area contributed by atoms with Crippen molar-refractivity contribution in [2.75, 3.05) is 0 Å². The Balaban J connectivity index is 1.71. The van der Waals surface area contributed by atoms with Gasteiger partial charge in [-0.2, -0.15) is 13.2 Å². The number of alkyl halides is 3. The molecule has 0 radical (unpaired) electrons. The van der Waals surface area contributed by atoms with Crippen molar-refractivity contribution in [3.8, 4) is 0 Å². The van der Waals surface area contributed by atoms with Crippen LogP contribution in [0.5, 0.6) is 0 Å². The van der Waals surface area contributed by atoms with Gasteiger partial charge >= 0.3 is 6.18 Å². The summed E-state index contributed by atoms with van der Waals surface area (Å²) in [5.41, 5.74) is 2.09. The smallest absolute Gasteiger partial charge is 0.342 e. The number of benzene rings is 3. The standard InChI is InChI=1S/C23H16F3NO/c24-23(25,26)18-12-10-16(11-13-18)14-27-15-20(19-8-4-5-9-21(19)27)22(28)17-6-2-1-3-7-17/h1-13,15H,14H2. The summed E-state index contributed by atoms with van der Waals surface area (Å²) in [4.78, 5) is 12.9. The fourth-order valence-corrected chi connectivity index (χ4v) is 3.30. The largest absolute Gasteiger partial charge is 0.416 e. The molecular formula is C23H16F3NO. The van der Waals surface area contributed by atoms with Crippen LogP contribution in [-0.4, -0.2) is 10.4 Å². The van der Waals surface area contributed by atoms with Crippen LogP contribution in [0.15, 0.2) is 85.1 Å².